The van der Waals surface area contributed by atoms with Gasteiger partial charge in [-0.15, -0.1) is 0 Å². The second-order valence-electron chi connectivity index (χ2n) is 2.95. The second kappa shape index (κ2) is 3.56. The van der Waals surface area contributed by atoms with Crippen LogP contribution in [-0.2, 0) is 6.42 Å². The molecule has 1 aromatic rings. The van der Waals surface area contributed by atoms with E-state index in [0.717, 1.165) is 5.56 Å². The van der Waals surface area contributed by atoms with Crippen molar-refractivity contribution in [1.82, 2.24) is 0 Å². The van der Waals surface area contributed by atoms with Crippen LogP contribution in [0.1, 0.15) is 29.8 Å². The molecule has 2 N–H and O–H groups in total. The zero-order valence-corrected chi connectivity index (χ0v) is 7.73. The number of nitrogens with two attached hydrogens (primary N) is 1. The van der Waals surface area contributed by atoms with Crippen molar-refractivity contribution in [3.8, 4) is 0 Å². The Morgan fingerprint density at radius 3 is 2.62 bits per heavy atom. The van der Waals surface area contributed by atoms with Crippen molar-refractivity contribution in [2.75, 3.05) is 5.73 Å². The van der Waals surface area contributed by atoms with Crippen molar-refractivity contribution in [2.24, 2.45) is 0 Å². The van der Waals surface area contributed by atoms with Crippen LogP contribution in [0.3, 0.4) is 0 Å². The molecule has 0 aliphatic carbocycles. The van der Waals surface area contributed by atoms with Crippen LogP contribution in [0, 0.1) is 5.82 Å². The minimum absolute atomic E-state index is 0.0512. The fourth-order valence-electron chi connectivity index (χ4n) is 1.17. The summed E-state index contributed by atoms with van der Waals surface area (Å²) in [7, 11) is 0. The third-order valence-corrected chi connectivity index (χ3v) is 1.98. The van der Waals surface area contributed by atoms with E-state index in [-0.39, 0.29) is 17.0 Å². The fourth-order valence-corrected chi connectivity index (χ4v) is 1.17. The number of anilines is 1. The third-order valence-electron chi connectivity index (χ3n) is 1.98. The van der Waals surface area contributed by atoms with E-state index in [1.165, 1.54) is 13.0 Å². The van der Waals surface area contributed by atoms with Crippen LogP contribution < -0.4 is 5.73 Å². The van der Waals surface area contributed by atoms with E-state index in [0.29, 0.717) is 6.42 Å². The number of halogens is 1. The summed E-state index contributed by atoms with van der Waals surface area (Å²) in [4.78, 5) is 11.0. The van der Waals surface area contributed by atoms with E-state index in [1.807, 2.05) is 6.92 Å². The molecule has 70 valence electrons. The van der Waals surface area contributed by atoms with Crippen LogP contribution in [0.5, 0.6) is 0 Å². The molecule has 0 aliphatic heterocycles. The van der Waals surface area contributed by atoms with Crippen LogP contribution in [0.15, 0.2) is 12.1 Å². The summed E-state index contributed by atoms with van der Waals surface area (Å²) in [6.07, 6.45) is 0.692. The largest absolute Gasteiger partial charge is 0.396 e. The Morgan fingerprint density at radius 2 is 2.15 bits per heavy atom. The first-order valence-corrected chi connectivity index (χ1v) is 4.15. The van der Waals surface area contributed by atoms with Crippen LogP contribution in [0.2, 0.25) is 0 Å². The lowest BCUT2D eigenvalue weighted by atomic mass is 10.0. The number of hydrogen-bond acceptors (Lipinski definition) is 2. The van der Waals surface area contributed by atoms with Gasteiger partial charge in [0.1, 0.15) is 5.82 Å². The third kappa shape index (κ3) is 1.86. The number of rotatable bonds is 2. The van der Waals surface area contributed by atoms with E-state index in [4.69, 9.17) is 5.73 Å². The summed E-state index contributed by atoms with van der Waals surface area (Å²) < 4.78 is 13.1. The number of Topliss-reactive ketones (excluding diaryl/α,β-unsaturated/α-hetero) is 1. The zero-order chi connectivity index (χ0) is 10.0. The number of carbonyl (C=O) groups excluding carboxylic acids is 1. The number of ketones is 1. The lowest BCUT2D eigenvalue weighted by Crippen LogP contribution is -2.03. The summed E-state index contributed by atoms with van der Waals surface area (Å²) in [6.45, 7) is 3.28. The van der Waals surface area contributed by atoms with Gasteiger partial charge in [0.2, 0.25) is 0 Å². The highest BCUT2D eigenvalue weighted by molar-refractivity contribution is 5.99. The van der Waals surface area contributed by atoms with E-state index in [2.05, 4.69) is 0 Å². The number of benzene rings is 1. The summed E-state index contributed by atoms with van der Waals surface area (Å²) in [5.74, 6) is -0.712. The van der Waals surface area contributed by atoms with Gasteiger partial charge in [0, 0.05) is 5.56 Å². The van der Waals surface area contributed by atoms with E-state index >= 15 is 0 Å². The minimum Gasteiger partial charge on any atom is -0.396 e. The van der Waals surface area contributed by atoms with Gasteiger partial charge in [0.05, 0.1) is 5.69 Å². The number of hydrogen-bond donors (Lipinski definition) is 1. The number of aryl methyl sites for hydroxylation is 1. The van der Waals surface area contributed by atoms with Crippen LogP contribution in [0.4, 0.5) is 10.1 Å². The predicted octanol–water partition coefficient (Wildman–Crippen LogP) is 2.17. The molecule has 0 spiro atoms. The summed E-state index contributed by atoms with van der Waals surface area (Å²) in [5, 5.41) is 0. The molecular formula is C10H12FNO. The SMILES string of the molecule is CCc1cc(F)c(N)c(C(C)=O)c1. The zero-order valence-electron chi connectivity index (χ0n) is 7.73. The Kier molecular flexibility index (Phi) is 2.66. The van der Waals surface area contributed by atoms with Crippen molar-refractivity contribution in [3.63, 3.8) is 0 Å². The van der Waals surface area contributed by atoms with Crippen molar-refractivity contribution < 1.29 is 9.18 Å². The van der Waals surface area contributed by atoms with Gasteiger partial charge in [0.15, 0.2) is 5.78 Å². The molecule has 0 atom stereocenters. The minimum atomic E-state index is -0.510. The quantitative estimate of drug-likeness (QED) is 0.561. The maximum Gasteiger partial charge on any atom is 0.161 e. The maximum absolute atomic E-state index is 13.1. The lowest BCUT2D eigenvalue weighted by molar-refractivity contribution is 0.101. The van der Waals surface area contributed by atoms with Crippen molar-refractivity contribution >= 4 is 11.5 Å². The first-order chi connectivity index (χ1) is 6.06. The number of carbonyl (C=O) groups is 1. The Hall–Kier alpha value is -1.38. The van der Waals surface area contributed by atoms with Gasteiger partial charge in [-0.05, 0) is 31.0 Å². The highest BCUT2D eigenvalue weighted by atomic mass is 19.1. The average Bonchev–Trinajstić information content (AvgIpc) is 2.09. The van der Waals surface area contributed by atoms with Gasteiger partial charge < -0.3 is 5.73 Å². The molecule has 0 saturated carbocycles. The topological polar surface area (TPSA) is 43.1 Å². The molecule has 0 heterocycles. The molecule has 2 nitrogen and oxygen atoms in total. The molecule has 0 unspecified atom stereocenters. The predicted molar refractivity (Wildman–Crippen MR) is 50.2 cm³/mol. The fraction of sp³-hybridized carbons (Fsp3) is 0.300. The number of nitrogen functional groups attached to an aromatic ring is 1. The van der Waals surface area contributed by atoms with Gasteiger partial charge in [0.25, 0.3) is 0 Å². The van der Waals surface area contributed by atoms with Crippen LogP contribution >= 0.6 is 0 Å². The standard InChI is InChI=1S/C10H12FNO/c1-3-7-4-8(6(2)13)10(12)9(11)5-7/h4-5H,3,12H2,1-2H3. The first-order valence-electron chi connectivity index (χ1n) is 4.15. The average molecular weight is 181 g/mol. The Bertz CT molecular complexity index is 347. The van der Waals surface area contributed by atoms with Gasteiger partial charge >= 0.3 is 0 Å². The molecule has 13 heavy (non-hydrogen) atoms. The molecule has 0 aromatic heterocycles. The van der Waals surface area contributed by atoms with Crippen LogP contribution in [0.25, 0.3) is 0 Å². The van der Waals surface area contributed by atoms with E-state index in [9.17, 15) is 9.18 Å². The first kappa shape index (κ1) is 9.71. The van der Waals surface area contributed by atoms with Crippen LogP contribution in [-0.4, -0.2) is 5.78 Å². The summed E-state index contributed by atoms with van der Waals surface area (Å²) in [6, 6.07) is 3.00. The molecular weight excluding hydrogens is 169 g/mol. The molecule has 1 aromatic carbocycles. The summed E-state index contributed by atoms with van der Waals surface area (Å²) in [5.41, 5.74) is 6.42. The molecule has 0 radical (unpaired) electrons. The molecule has 0 amide bonds. The van der Waals surface area contributed by atoms with Gasteiger partial charge in [-0.3, -0.25) is 4.79 Å². The molecule has 0 saturated heterocycles. The monoisotopic (exact) mass is 181 g/mol. The van der Waals surface area contributed by atoms with Crippen molar-refractivity contribution in [3.05, 3.63) is 29.1 Å². The highest BCUT2D eigenvalue weighted by Gasteiger charge is 2.10. The Morgan fingerprint density at radius 1 is 1.54 bits per heavy atom. The van der Waals surface area contributed by atoms with Gasteiger partial charge in [-0.1, -0.05) is 6.92 Å². The molecule has 1 rings (SSSR count). The molecule has 0 fully saturated rings. The second-order valence-corrected chi connectivity index (χ2v) is 2.95. The Labute approximate surface area is 76.6 Å². The van der Waals surface area contributed by atoms with E-state index in [1.54, 1.807) is 6.07 Å². The van der Waals surface area contributed by atoms with E-state index < -0.39 is 5.82 Å². The molecule has 0 aliphatic rings. The smallest absolute Gasteiger partial charge is 0.161 e. The molecule has 0 bridgehead atoms. The maximum atomic E-state index is 13.1. The normalized spacial score (nSPS) is 10.1. The molecule has 3 heteroatoms. The lowest BCUT2D eigenvalue weighted by Gasteiger charge is -2.05. The van der Waals surface area contributed by atoms with Crippen molar-refractivity contribution in [2.45, 2.75) is 20.3 Å². The Balaban J connectivity index is 3.33. The van der Waals surface area contributed by atoms with Gasteiger partial charge in [-0.2, -0.15) is 0 Å². The summed E-state index contributed by atoms with van der Waals surface area (Å²) >= 11 is 0. The van der Waals surface area contributed by atoms with Gasteiger partial charge in [-0.25, -0.2) is 4.39 Å². The highest BCUT2D eigenvalue weighted by Crippen LogP contribution is 2.19. The van der Waals surface area contributed by atoms with Crippen molar-refractivity contribution in [1.29, 1.82) is 0 Å².